The van der Waals surface area contributed by atoms with Crippen LogP contribution in [0.2, 0.25) is 0 Å². The smallest absolute Gasteiger partial charge is 0.171 e. The average molecular weight is 187 g/mol. The van der Waals surface area contributed by atoms with Crippen molar-refractivity contribution in [3.63, 3.8) is 0 Å². The van der Waals surface area contributed by atoms with Crippen molar-refractivity contribution in [3.8, 4) is 6.07 Å². The van der Waals surface area contributed by atoms with E-state index < -0.39 is 0 Å². The van der Waals surface area contributed by atoms with Crippen molar-refractivity contribution in [2.45, 2.75) is 6.92 Å². The number of hydrogen-bond donors (Lipinski definition) is 0. The molecule has 4 heteroatoms. The van der Waals surface area contributed by atoms with Gasteiger partial charge in [-0.3, -0.25) is 4.79 Å². The minimum atomic E-state index is -0.161. The molecular formula is C7H9NOS2. The highest BCUT2D eigenvalue weighted by Gasteiger charge is 2.08. The number of Topliss-reactive ketones (excluding diaryl/α,β-unsaturated/α-hetero) is 1. The highest BCUT2D eigenvalue weighted by atomic mass is 32.2. The maximum Gasteiger partial charge on any atom is 0.171 e. The van der Waals surface area contributed by atoms with Crippen LogP contribution in [-0.2, 0) is 4.79 Å². The number of nitrogens with zero attached hydrogens (tertiary/aromatic N) is 1. The van der Waals surface area contributed by atoms with Crippen molar-refractivity contribution in [2.75, 3.05) is 12.5 Å². The second kappa shape index (κ2) is 5.28. The Labute approximate surface area is 75.0 Å². The van der Waals surface area contributed by atoms with E-state index in [0.717, 1.165) is 4.24 Å². The predicted octanol–water partition coefficient (Wildman–Crippen LogP) is 2.04. The molecule has 0 aliphatic rings. The lowest BCUT2D eigenvalue weighted by atomic mass is 10.2. The van der Waals surface area contributed by atoms with Gasteiger partial charge in [0.2, 0.25) is 0 Å². The zero-order valence-electron chi connectivity index (χ0n) is 6.67. The van der Waals surface area contributed by atoms with E-state index in [0.29, 0.717) is 0 Å². The lowest BCUT2D eigenvalue weighted by molar-refractivity contribution is -0.113. The van der Waals surface area contributed by atoms with Crippen LogP contribution in [0.1, 0.15) is 6.92 Å². The van der Waals surface area contributed by atoms with Crippen molar-refractivity contribution in [1.29, 1.82) is 5.26 Å². The third-order valence-corrected chi connectivity index (χ3v) is 3.19. The summed E-state index contributed by atoms with van der Waals surface area (Å²) in [5.74, 6) is -0.161. The quantitative estimate of drug-likeness (QED) is 0.501. The van der Waals surface area contributed by atoms with Crippen LogP contribution in [0.5, 0.6) is 0 Å². The predicted molar refractivity (Wildman–Crippen MR) is 50.4 cm³/mol. The molecule has 0 saturated heterocycles. The summed E-state index contributed by atoms with van der Waals surface area (Å²) in [6.45, 7) is 1.41. The fourth-order valence-electron chi connectivity index (χ4n) is 0.556. The van der Waals surface area contributed by atoms with Crippen molar-refractivity contribution in [3.05, 3.63) is 9.81 Å². The highest BCUT2D eigenvalue weighted by Crippen LogP contribution is 2.27. The average Bonchev–Trinajstić information content (AvgIpc) is 1.99. The summed E-state index contributed by atoms with van der Waals surface area (Å²) in [5, 5.41) is 8.57. The highest BCUT2D eigenvalue weighted by molar-refractivity contribution is 8.21. The summed E-state index contributed by atoms with van der Waals surface area (Å²) in [4.78, 5) is 10.8. The number of ketones is 1. The molecule has 0 N–H and O–H groups in total. The largest absolute Gasteiger partial charge is 0.294 e. The topological polar surface area (TPSA) is 40.9 Å². The first-order valence-electron chi connectivity index (χ1n) is 2.90. The van der Waals surface area contributed by atoms with Crippen LogP contribution in [0.25, 0.3) is 0 Å². The van der Waals surface area contributed by atoms with E-state index in [-0.39, 0.29) is 11.4 Å². The Balaban J connectivity index is 4.82. The molecule has 0 aromatic rings. The fourth-order valence-corrected chi connectivity index (χ4v) is 2.01. The van der Waals surface area contributed by atoms with Gasteiger partial charge in [0.1, 0.15) is 11.6 Å². The maximum atomic E-state index is 10.8. The molecule has 0 aromatic carbocycles. The van der Waals surface area contributed by atoms with E-state index in [1.54, 1.807) is 0 Å². The molecule has 11 heavy (non-hydrogen) atoms. The molecule has 0 atom stereocenters. The maximum absolute atomic E-state index is 10.8. The van der Waals surface area contributed by atoms with Crippen molar-refractivity contribution < 1.29 is 4.79 Å². The Morgan fingerprint density at radius 1 is 1.36 bits per heavy atom. The molecule has 0 heterocycles. The van der Waals surface area contributed by atoms with Crippen molar-refractivity contribution in [1.82, 2.24) is 0 Å². The van der Waals surface area contributed by atoms with Gasteiger partial charge in [-0.1, -0.05) is 0 Å². The Hall–Kier alpha value is -0.400. The molecule has 0 radical (unpaired) electrons. The zero-order chi connectivity index (χ0) is 8.85. The molecule has 0 aliphatic carbocycles. The Morgan fingerprint density at radius 3 is 1.91 bits per heavy atom. The van der Waals surface area contributed by atoms with Crippen LogP contribution in [-0.4, -0.2) is 18.3 Å². The Bertz CT molecular complexity index is 221. The SMILES string of the molecule is CSC(SC)=C(C#N)C(C)=O. The standard InChI is InChI=1S/C7H9NOS2/c1-5(9)6(4-8)7(10-2)11-3/h1-3H3. The van der Waals surface area contributed by atoms with E-state index in [4.69, 9.17) is 5.26 Å². The number of allylic oxidation sites excluding steroid dienone is 1. The Morgan fingerprint density at radius 2 is 1.82 bits per heavy atom. The first kappa shape index (κ1) is 10.6. The van der Waals surface area contributed by atoms with Crippen molar-refractivity contribution in [2.24, 2.45) is 0 Å². The first-order valence-corrected chi connectivity index (χ1v) is 5.35. The van der Waals surface area contributed by atoms with Gasteiger partial charge in [0.05, 0.1) is 4.24 Å². The minimum Gasteiger partial charge on any atom is -0.294 e. The molecule has 0 aromatic heterocycles. The van der Waals surface area contributed by atoms with Gasteiger partial charge in [-0.25, -0.2) is 0 Å². The molecule has 0 bridgehead atoms. The zero-order valence-corrected chi connectivity index (χ0v) is 8.30. The van der Waals surface area contributed by atoms with E-state index >= 15 is 0 Å². The summed E-state index contributed by atoms with van der Waals surface area (Å²) < 4.78 is 0.792. The molecule has 2 nitrogen and oxygen atoms in total. The van der Waals surface area contributed by atoms with E-state index in [1.807, 2.05) is 18.6 Å². The van der Waals surface area contributed by atoms with E-state index in [1.165, 1.54) is 30.4 Å². The van der Waals surface area contributed by atoms with Crippen LogP contribution >= 0.6 is 23.5 Å². The third-order valence-electron chi connectivity index (χ3n) is 1.04. The molecule has 60 valence electrons. The molecule has 0 amide bonds. The molecule has 0 rings (SSSR count). The second-order valence-electron chi connectivity index (χ2n) is 1.74. The molecule has 0 unspecified atom stereocenters. The van der Waals surface area contributed by atoms with Gasteiger partial charge < -0.3 is 0 Å². The minimum absolute atomic E-state index is 0.161. The normalized spacial score (nSPS) is 8.55. The van der Waals surface area contributed by atoms with Gasteiger partial charge in [0.15, 0.2) is 5.78 Å². The lowest BCUT2D eigenvalue weighted by Gasteiger charge is -1.99. The summed E-state index contributed by atoms with van der Waals surface area (Å²) in [7, 11) is 0. The lowest BCUT2D eigenvalue weighted by Crippen LogP contribution is -1.95. The fraction of sp³-hybridized carbons (Fsp3) is 0.429. The summed E-state index contributed by atoms with van der Waals surface area (Å²) >= 11 is 2.86. The van der Waals surface area contributed by atoms with Gasteiger partial charge >= 0.3 is 0 Å². The molecule has 0 aliphatic heterocycles. The van der Waals surface area contributed by atoms with Crippen molar-refractivity contribution >= 4 is 29.3 Å². The van der Waals surface area contributed by atoms with Gasteiger partial charge in [0.25, 0.3) is 0 Å². The first-order chi connectivity index (χ1) is 5.17. The van der Waals surface area contributed by atoms with Crippen LogP contribution in [0, 0.1) is 11.3 Å². The van der Waals surface area contributed by atoms with E-state index in [9.17, 15) is 4.79 Å². The van der Waals surface area contributed by atoms with Gasteiger partial charge in [-0.2, -0.15) is 5.26 Å². The monoisotopic (exact) mass is 187 g/mol. The number of carbonyl (C=O) groups is 1. The molecular weight excluding hydrogens is 178 g/mol. The van der Waals surface area contributed by atoms with Crippen LogP contribution < -0.4 is 0 Å². The van der Waals surface area contributed by atoms with Crippen LogP contribution in [0.4, 0.5) is 0 Å². The Kier molecular flexibility index (Phi) is 5.08. The number of hydrogen-bond acceptors (Lipinski definition) is 4. The van der Waals surface area contributed by atoms with E-state index in [2.05, 4.69) is 0 Å². The van der Waals surface area contributed by atoms with Gasteiger partial charge in [-0.15, -0.1) is 23.5 Å². The summed E-state index contributed by atoms with van der Waals surface area (Å²) in [5.41, 5.74) is 0.269. The number of nitriles is 1. The number of carbonyl (C=O) groups excluding carboxylic acids is 1. The van der Waals surface area contributed by atoms with Gasteiger partial charge in [0, 0.05) is 0 Å². The number of thioether (sulfide) groups is 2. The van der Waals surface area contributed by atoms with Gasteiger partial charge in [-0.05, 0) is 19.4 Å². The second-order valence-corrected chi connectivity index (χ2v) is 3.63. The summed E-state index contributed by atoms with van der Waals surface area (Å²) in [6.07, 6.45) is 3.71. The van der Waals surface area contributed by atoms with Crippen LogP contribution in [0.15, 0.2) is 9.81 Å². The third kappa shape index (κ3) is 3.00. The van der Waals surface area contributed by atoms with Crippen LogP contribution in [0.3, 0.4) is 0 Å². The molecule has 0 spiro atoms. The summed E-state index contributed by atoms with van der Waals surface area (Å²) in [6, 6.07) is 1.89. The molecule has 0 saturated carbocycles. The number of rotatable bonds is 3. The molecule has 0 fully saturated rings.